The van der Waals surface area contributed by atoms with Crippen LogP contribution in [0.3, 0.4) is 0 Å². The third kappa shape index (κ3) is 2.77. The molecule has 1 N–H and O–H groups in total. The topological polar surface area (TPSA) is 24.9 Å². The monoisotopic (exact) mass is 182 g/mol. The summed E-state index contributed by atoms with van der Waals surface area (Å²) in [5, 5.41) is 3.01. The zero-order valence-corrected chi connectivity index (χ0v) is 8.26. The Labute approximate surface area is 78.2 Å². The third-order valence-electron chi connectivity index (χ3n) is 1.81. The molecule has 0 spiro atoms. The molecule has 1 aromatic rings. The van der Waals surface area contributed by atoms with Gasteiger partial charge in [-0.05, 0) is 38.6 Å². The number of alkyl halides is 1. The predicted molar refractivity (Wildman–Crippen MR) is 51.1 cm³/mol. The van der Waals surface area contributed by atoms with Crippen molar-refractivity contribution in [2.75, 3.05) is 7.05 Å². The van der Waals surface area contributed by atoms with Crippen LogP contribution < -0.4 is 5.32 Å². The lowest BCUT2D eigenvalue weighted by Gasteiger charge is -2.13. The molecule has 1 rings (SSSR count). The van der Waals surface area contributed by atoms with Gasteiger partial charge < -0.3 is 5.32 Å². The van der Waals surface area contributed by atoms with Gasteiger partial charge in [0.25, 0.3) is 0 Å². The van der Waals surface area contributed by atoms with E-state index in [1.165, 1.54) is 13.8 Å². The summed E-state index contributed by atoms with van der Waals surface area (Å²) in [7, 11) is 1.86. The molecule has 0 saturated carbocycles. The molecule has 13 heavy (non-hydrogen) atoms. The Kier molecular flexibility index (Phi) is 2.98. The molecular formula is C10H15FN2. The number of nitrogens with one attached hydrogen (secondary N) is 1. The maximum absolute atomic E-state index is 13.5. The van der Waals surface area contributed by atoms with Crippen molar-refractivity contribution in [1.82, 2.24) is 10.3 Å². The van der Waals surface area contributed by atoms with Gasteiger partial charge >= 0.3 is 0 Å². The summed E-state index contributed by atoms with van der Waals surface area (Å²) in [6.45, 7) is 3.77. The molecule has 72 valence electrons. The van der Waals surface area contributed by atoms with Crippen molar-refractivity contribution in [2.24, 2.45) is 0 Å². The second-order valence-corrected chi connectivity index (χ2v) is 3.55. The van der Waals surface area contributed by atoms with Crippen molar-refractivity contribution < 1.29 is 4.39 Å². The summed E-state index contributed by atoms with van der Waals surface area (Å²) in [5.41, 5.74) is 0.183. The maximum Gasteiger partial charge on any atom is 0.147 e. The highest BCUT2D eigenvalue weighted by Gasteiger charge is 2.20. The van der Waals surface area contributed by atoms with Crippen molar-refractivity contribution in [3.8, 4) is 0 Å². The van der Waals surface area contributed by atoms with E-state index in [9.17, 15) is 4.39 Å². The van der Waals surface area contributed by atoms with E-state index in [4.69, 9.17) is 0 Å². The largest absolute Gasteiger partial charge is 0.316 e. The van der Waals surface area contributed by atoms with Crippen molar-refractivity contribution in [3.63, 3.8) is 0 Å². The Morgan fingerprint density at radius 2 is 2.23 bits per heavy atom. The van der Waals surface area contributed by atoms with E-state index in [-0.39, 0.29) is 0 Å². The molecule has 3 heteroatoms. The van der Waals surface area contributed by atoms with E-state index in [2.05, 4.69) is 10.3 Å². The second-order valence-electron chi connectivity index (χ2n) is 3.55. The van der Waals surface area contributed by atoms with Gasteiger partial charge in [-0.1, -0.05) is 0 Å². The quantitative estimate of drug-likeness (QED) is 0.773. The Balaban J connectivity index is 2.92. The molecule has 0 aliphatic heterocycles. The van der Waals surface area contributed by atoms with Crippen LogP contribution in [0.1, 0.15) is 25.1 Å². The lowest BCUT2D eigenvalue weighted by molar-refractivity contribution is 0.214. The Morgan fingerprint density at radius 1 is 1.54 bits per heavy atom. The highest BCUT2D eigenvalue weighted by molar-refractivity contribution is 5.19. The lowest BCUT2D eigenvalue weighted by Crippen LogP contribution is -2.13. The molecule has 0 atom stereocenters. The highest BCUT2D eigenvalue weighted by atomic mass is 19.1. The van der Waals surface area contributed by atoms with Crippen LogP contribution >= 0.6 is 0 Å². The summed E-state index contributed by atoms with van der Waals surface area (Å²) in [4.78, 5) is 3.99. The SMILES string of the molecule is CNCc1ccnc(C(C)(C)F)c1. The molecular weight excluding hydrogens is 167 g/mol. The normalized spacial score (nSPS) is 11.7. The maximum atomic E-state index is 13.5. The van der Waals surface area contributed by atoms with Gasteiger partial charge in [-0.25, -0.2) is 4.39 Å². The molecule has 0 saturated heterocycles. The first-order valence-corrected chi connectivity index (χ1v) is 4.33. The fourth-order valence-corrected chi connectivity index (χ4v) is 1.11. The van der Waals surface area contributed by atoms with Gasteiger partial charge in [0.05, 0.1) is 5.69 Å². The van der Waals surface area contributed by atoms with E-state index in [1.807, 2.05) is 13.1 Å². The van der Waals surface area contributed by atoms with Crippen LogP contribution in [0.15, 0.2) is 18.3 Å². The van der Waals surface area contributed by atoms with Gasteiger partial charge in [0.15, 0.2) is 0 Å². The highest BCUT2D eigenvalue weighted by Crippen LogP contribution is 2.22. The molecule has 2 nitrogen and oxygen atoms in total. The Morgan fingerprint density at radius 3 is 2.77 bits per heavy atom. The van der Waals surface area contributed by atoms with Gasteiger partial charge in [0.2, 0.25) is 0 Å². The van der Waals surface area contributed by atoms with E-state index < -0.39 is 5.67 Å². The predicted octanol–water partition coefficient (Wildman–Crippen LogP) is 2.01. The average molecular weight is 182 g/mol. The molecule has 0 aromatic carbocycles. The summed E-state index contributed by atoms with van der Waals surface area (Å²) in [6.07, 6.45) is 1.64. The molecule has 0 fully saturated rings. The smallest absolute Gasteiger partial charge is 0.147 e. The first-order chi connectivity index (χ1) is 6.04. The van der Waals surface area contributed by atoms with Crippen molar-refractivity contribution in [2.45, 2.75) is 26.1 Å². The number of rotatable bonds is 3. The number of nitrogens with zero attached hydrogens (tertiary/aromatic N) is 1. The van der Waals surface area contributed by atoms with Gasteiger partial charge in [-0.2, -0.15) is 0 Å². The third-order valence-corrected chi connectivity index (χ3v) is 1.81. The fourth-order valence-electron chi connectivity index (χ4n) is 1.11. The van der Waals surface area contributed by atoms with E-state index in [1.54, 1.807) is 12.3 Å². The van der Waals surface area contributed by atoms with Crippen LogP contribution in [0.2, 0.25) is 0 Å². The molecule has 1 heterocycles. The van der Waals surface area contributed by atoms with Crippen molar-refractivity contribution in [3.05, 3.63) is 29.6 Å². The zero-order chi connectivity index (χ0) is 9.90. The molecule has 0 radical (unpaired) electrons. The van der Waals surface area contributed by atoms with E-state index in [0.717, 1.165) is 12.1 Å². The van der Waals surface area contributed by atoms with Crippen molar-refractivity contribution >= 4 is 0 Å². The summed E-state index contributed by atoms with van der Waals surface area (Å²) in [5.74, 6) is 0. The first kappa shape index (κ1) is 10.1. The Hall–Kier alpha value is -0.960. The van der Waals surface area contributed by atoms with Crippen LogP contribution in [-0.4, -0.2) is 12.0 Å². The lowest BCUT2D eigenvalue weighted by atomic mass is 10.0. The zero-order valence-electron chi connectivity index (χ0n) is 8.26. The standard InChI is InChI=1S/C10H15FN2/c1-10(2,11)9-6-8(7-12-3)4-5-13-9/h4-6,12H,7H2,1-3H3. The summed E-state index contributed by atoms with van der Waals surface area (Å²) < 4.78 is 13.5. The molecule has 1 aromatic heterocycles. The second kappa shape index (κ2) is 3.83. The number of pyridine rings is 1. The molecule has 0 bridgehead atoms. The van der Waals surface area contributed by atoms with Crippen LogP contribution in [0.4, 0.5) is 4.39 Å². The van der Waals surface area contributed by atoms with Crippen LogP contribution in [0, 0.1) is 0 Å². The van der Waals surface area contributed by atoms with Gasteiger partial charge in [0, 0.05) is 12.7 Å². The summed E-state index contributed by atoms with van der Waals surface area (Å²) >= 11 is 0. The Bertz CT molecular complexity index is 278. The number of hydrogen-bond acceptors (Lipinski definition) is 2. The first-order valence-electron chi connectivity index (χ1n) is 4.33. The number of aromatic nitrogens is 1. The molecule has 0 aliphatic rings. The van der Waals surface area contributed by atoms with Gasteiger partial charge in [0.1, 0.15) is 5.67 Å². The molecule has 0 amide bonds. The molecule has 0 aliphatic carbocycles. The van der Waals surface area contributed by atoms with Crippen LogP contribution in [0.25, 0.3) is 0 Å². The average Bonchev–Trinajstić information content (AvgIpc) is 2.04. The molecule has 0 unspecified atom stereocenters. The van der Waals surface area contributed by atoms with Crippen molar-refractivity contribution in [1.29, 1.82) is 0 Å². The van der Waals surface area contributed by atoms with Gasteiger partial charge in [-0.15, -0.1) is 0 Å². The minimum atomic E-state index is -1.36. The van der Waals surface area contributed by atoms with E-state index in [0.29, 0.717) is 5.69 Å². The number of halogens is 1. The van der Waals surface area contributed by atoms with Crippen LogP contribution in [0.5, 0.6) is 0 Å². The van der Waals surface area contributed by atoms with E-state index >= 15 is 0 Å². The minimum absolute atomic E-state index is 0.486. The number of hydrogen-bond donors (Lipinski definition) is 1. The summed E-state index contributed by atoms with van der Waals surface area (Å²) in [6, 6.07) is 3.67. The van der Waals surface area contributed by atoms with Gasteiger partial charge in [-0.3, -0.25) is 4.98 Å². The van der Waals surface area contributed by atoms with Crippen LogP contribution in [-0.2, 0) is 12.2 Å². The minimum Gasteiger partial charge on any atom is -0.316 e. The fraction of sp³-hybridized carbons (Fsp3) is 0.500.